The second-order valence-corrected chi connectivity index (χ2v) is 5.99. The lowest BCUT2D eigenvalue weighted by molar-refractivity contribution is 0.681. The van der Waals surface area contributed by atoms with E-state index in [0.717, 1.165) is 27.9 Å². The van der Waals surface area contributed by atoms with Crippen LogP contribution in [0.5, 0.6) is 0 Å². The number of nitroso groups, excluding NO2 is 1. The molecule has 0 aliphatic rings. The summed E-state index contributed by atoms with van der Waals surface area (Å²) in [5, 5.41) is 14.7. The van der Waals surface area contributed by atoms with Crippen molar-refractivity contribution in [3.63, 3.8) is 0 Å². The summed E-state index contributed by atoms with van der Waals surface area (Å²) < 4.78 is 3.54. The summed E-state index contributed by atoms with van der Waals surface area (Å²) in [5.41, 5.74) is 4.95. The Kier molecular flexibility index (Phi) is 3.88. The van der Waals surface area contributed by atoms with Crippen LogP contribution in [0.3, 0.4) is 0 Å². The van der Waals surface area contributed by atoms with Gasteiger partial charge in [-0.15, -0.1) is 4.91 Å². The number of hydrogen-bond donors (Lipinski definition) is 1. The van der Waals surface area contributed by atoms with Gasteiger partial charge >= 0.3 is 0 Å². The molecule has 0 aliphatic carbocycles. The Morgan fingerprint density at radius 2 is 2.08 bits per heavy atom. The lowest BCUT2D eigenvalue weighted by Crippen LogP contribution is -2.00. The molecule has 0 aliphatic heterocycles. The smallest absolute Gasteiger partial charge is 0.158 e. The van der Waals surface area contributed by atoms with Crippen LogP contribution in [0, 0.1) is 18.8 Å². The van der Waals surface area contributed by atoms with E-state index in [-0.39, 0.29) is 0 Å². The molecule has 0 bridgehead atoms. The SMILES string of the molecule is Cc1ccc(Nc2ncnn3cc(Cn4cncn4)c(C)c23)cc1N=O. The highest BCUT2D eigenvalue weighted by molar-refractivity contribution is 5.78. The molecule has 0 saturated heterocycles. The fraction of sp³-hybridized carbons (Fsp3) is 0.176. The Morgan fingerprint density at radius 1 is 1.19 bits per heavy atom. The third kappa shape index (κ3) is 2.79. The van der Waals surface area contributed by atoms with Crippen LogP contribution in [0.2, 0.25) is 0 Å². The number of nitrogens with one attached hydrogen (secondary N) is 1. The second-order valence-electron chi connectivity index (χ2n) is 5.99. The molecule has 0 radical (unpaired) electrons. The third-order valence-corrected chi connectivity index (χ3v) is 4.30. The quantitative estimate of drug-likeness (QED) is 0.556. The molecule has 0 fully saturated rings. The molecule has 0 unspecified atom stereocenters. The van der Waals surface area contributed by atoms with Crippen LogP contribution in [-0.4, -0.2) is 29.4 Å². The summed E-state index contributed by atoms with van der Waals surface area (Å²) in [6, 6.07) is 5.44. The Bertz CT molecular complexity index is 1080. The Labute approximate surface area is 148 Å². The Hall–Kier alpha value is -3.62. The summed E-state index contributed by atoms with van der Waals surface area (Å²) in [5.74, 6) is 0.656. The van der Waals surface area contributed by atoms with Crippen molar-refractivity contribution in [2.24, 2.45) is 5.18 Å². The normalized spacial score (nSPS) is 11.0. The van der Waals surface area contributed by atoms with E-state index >= 15 is 0 Å². The lowest BCUT2D eigenvalue weighted by atomic mass is 10.1. The molecule has 9 nitrogen and oxygen atoms in total. The zero-order valence-electron chi connectivity index (χ0n) is 14.3. The van der Waals surface area contributed by atoms with E-state index in [9.17, 15) is 4.91 Å². The minimum absolute atomic E-state index is 0.402. The van der Waals surface area contributed by atoms with Gasteiger partial charge < -0.3 is 5.32 Å². The molecule has 1 aromatic carbocycles. The summed E-state index contributed by atoms with van der Waals surface area (Å²) in [6.45, 7) is 4.46. The van der Waals surface area contributed by atoms with E-state index in [2.05, 4.69) is 30.7 Å². The number of fused-ring (bicyclic) bond motifs is 1. The van der Waals surface area contributed by atoms with Crippen LogP contribution >= 0.6 is 0 Å². The van der Waals surface area contributed by atoms with Gasteiger partial charge in [0.05, 0.1) is 6.54 Å². The van der Waals surface area contributed by atoms with Crippen molar-refractivity contribution >= 4 is 22.7 Å². The molecular weight excluding hydrogens is 332 g/mol. The molecule has 4 aromatic rings. The molecule has 0 atom stereocenters. The van der Waals surface area contributed by atoms with E-state index in [0.29, 0.717) is 18.1 Å². The van der Waals surface area contributed by atoms with Crippen LogP contribution in [0.25, 0.3) is 5.52 Å². The zero-order chi connectivity index (χ0) is 18.1. The van der Waals surface area contributed by atoms with E-state index in [4.69, 9.17) is 0 Å². The van der Waals surface area contributed by atoms with Crippen LogP contribution in [-0.2, 0) is 6.54 Å². The Balaban J connectivity index is 1.73. The number of anilines is 2. The van der Waals surface area contributed by atoms with E-state index < -0.39 is 0 Å². The predicted molar refractivity (Wildman–Crippen MR) is 96.8 cm³/mol. The molecule has 1 N–H and O–H groups in total. The fourth-order valence-corrected chi connectivity index (χ4v) is 2.87. The molecule has 3 heterocycles. The number of hydrogen-bond acceptors (Lipinski definition) is 7. The number of aromatic nitrogens is 6. The van der Waals surface area contributed by atoms with Gasteiger partial charge in [-0.05, 0) is 47.8 Å². The maximum Gasteiger partial charge on any atom is 0.158 e. The van der Waals surface area contributed by atoms with Gasteiger partial charge in [-0.25, -0.2) is 19.2 Å². The average molecular weight is 348 g/mol. The average Bonchev–Trinajstić information content (AvgIpc) is 3.26. The summed E-state index contributed by atoms with van der Waals surface area (Å²) in [7, 11) is 0. The highest BCUT2D eigenvalue weighted by Crippen LogP contribution is 2.28. The molecule has 0 saturated carbocycles. The number of aryl methyl sites for hydroxylation is 2. The molecule has 0 amide bonds. The molecule has 130 valence electrons. The van der Waals surface area contributed by atoms with E-state index in [1.54, 1.807) is 21.6 Å². The highest BCUT2D eigenvalue weighted by Gasteiger charge is 2.14. The largest absolute Gasteiger partial charge is 0.338 e. The van der Waals surface area contributed by atoms with Crippen molar-refractivity contribution in [3.05, 3.63) is 65.0 Å². The minimum Gasteiger partial charge on any atom is -0.338 e. The lowest BCUT2D eigenvalue weighted by Gasteiger charge is -2.09. The van der Waals surface area contributed by atoms with Crippen LogP contribution < -0.4 is 5.32 Å². The van der Waals surface area contributed by atoms with Crippen molar-refractivity contribution in [2.75, 3.05) is 5.32 Å². The van der Waals surface area contributed by atoms with Gasteiger partial charge in [0.2, 0.25) is 0 Å². The van der Waals surface area contributed by atoms with Gasteiger partial charge in [0.15, 0.2) is 5.82 Å². The van der Waals surface area contributed by atoms with Crippen LogP contribution in [0.15, 0.2) is 48.6 Å². The molecule has 9 heteroatoms. The first-order chi connectivity index (χ1) is 12.7. The van der Waals surface area contributed by atoms with Crippen molar-refractivity contribution < 1.29 is 0 Å². The Morgan fingerprint density at radius 3 is 2.85 bits per heavy atom. The van der Waals surface area contributed by atoms with E-state index in [1.807, 2.05) is 32.2 Å². The van der Waals surface area contributed by atoms with Crippen LogP contribution in [0.1, 0.15) is 16.7 Å². The number of benzene rings is 1. The standard InChI is InChI=1S/C17H16N8O/c1-11-3-4-14(5-15(11)23-26)22-17-16-12(2)13(6-24-10-18-8-20-24)7-25(16)21-9-19-17/h3-5,7-10H,6H2,1-2H3,(H,19,21,22). The topological polar surface area (TPSA) is 102 Å². The van der Waals surface area contributed by atoms with E-state index in [1.165, 1.54) is 12.7 Å². The first-order valence-corrected chi connectivity index (χ1v) is 8.01. The monoisotopic (exact) mass is 348 g/mol. The summed E-state index contributed by atoms with van der Waals surface area (Å²) in [6.07, 6.45) is 6.62. The van der Waals surface area contributed by atoms with Gasteiger partial charge in [0, 0.05) is 11.9 Å². The highest BCUT2D eigenvalue weighted by atomic mass is 16.3. The van der Waals surface area contributed by atoms with Gasteiger partial charge in [-0.2, -0.15) is 10.2 Å². The number of nitrogens with zero attached hydrogens (tertiary/aromatic N) is 7. The van der Waals surface area contributed by atoms with Crippen molar-refractivity contribution in [3.8, 4) is 0 Å². The van der Waals surface area contributed by atoms with Gasteiger partial charge in [-0.3, -0.25) is 0 Å². The fourth-order valence-electron chi connectivity index (χ4n) is 2.87. The van der Waals surface area contributed by atoms with Gasteiger partial charge in [-0.1, -0.05) is 6.07 Å². The summed E-state index contributed by atoms with van der Waals surface area (Å²) in [4.78, 5) is 19.3. The van der Waals surface area contributed by atoms with Gasteiger partial charge in [0.25, 0.3) is 0 Å². The molecule has 3 aromatic heterocycles. The zero-order valence-corrected chi connectivity index (χ0v) is 14.3. The summed E-state index contributed by atoms with van der Waals surface area (Å²) >= 11 is 0. The maximum absolute atomic E-state index is 10.9. The number of rotatable bonds is 5. The minimum atomic E-state index is 0.402. The first-order valence-electron chi connectivity index (χ1n) is 8.01. The van der Waals surface area contributed by atoms with Crippen molar-refractivity contribution in [2.45, 2.75) is 20.4 Å². The molecule has 0 spiro atoms. The predicted octanol–water partition coefficient (Wildman–Crippen LogP) is 3.13. The van der Waals surface area contributed by atoms with Crippen LogP contribution in [0.4, 0.5) is 17.2 Å². The molecule has 4 rings (SSSR count). The van der Waals surface area contributed by atoms with Crippen molar-refractivity contribution in [1.29, 1.82) is 0 Å². The second kappa shape index (κ2) is 6.36. The first kappa shape index (κ1) is 15.9. The molecular formula is C17H16N8O. The maximum atomic E-state index is 10.9. The third-order valence-electron chi connectivity index (χ3n) is 4.30. The molecule has 26 heavy (non-hydrogen) atoms. The van der Waals surface area contributed by atoms with Gasteiger partial charge in [0.1, 0.15) is 30.2 Å². The van der Waals surface area contributed by atoms with Crippen molar-refractivity contribution in [1.82, 2.24) is 29.4 Å².